The van der Waals surface area contributed by atoms with Crippen LogP contribution < -0.4 is 5.32 Å². The summed E-state index contributed by atoms with van der Waals surface area (Å²) in [6.45, 7) is 10.5. The lowest BCUT2D eigenvalue weighted by Gasteiger charge is -2.35. The number of aliphatic hydroxyl groups is 1. The summed E-state index contributed by atoms with van der Waals surface area (Å²) in [5, 5.41) is 21.4. The number of carbonyl (C=O) groups excluding carboxylic acids is 1. The second kappa shape index (κ2) is 9.43. The molecule has 2 heterocycles. The highest BCUT2D eigenvalue weighted by molar-refractivity contribution is 6.04. The summed E-state index contributed by atoms with van der Waals surface area (Å²) in [6.07, 6.45) is 6.51. The summed E-state index contributed by atoms with van der Waals surface area (Å²) in [4.78, 5) is 19.1. The van der Waals surface area contributed by atoms with E-state index in [1.165, 1.54) is 6.08 Å². The zero-order chi connectivity index (χ0) is 22.6. The van der Waals surface area contributed by atoms with Gasteiger partial charge in [-0.3, -0.25) is 5.32 Å². The molecule has 0 saturated carbocycles. The second-order valence-corrected chi connectivity index (χ2v) is 8.34. The van der Waals surface area contributed by atoms with Gasteiger partial charge in [-0.2, -0.15) is 10.2 Å². The summed E-state index contributed by atoms with van der Waals surface area (Å²) in [5.74, 6) is 0.917. The molecular weight excluding hydrogens is 394 g/mol. The van der Waals surface area contributed by atoms with E-state index in [4.69, 9.17) is 4.74 Å². The van der Waals surface area contributed by atoms with Crippen molar-refractivity contribution in [3.05, 3.63) is 59.8 Å². The minimum Gasteiger partial charge on any atom is -0.495 e. The second-order valence-electron chi connectivity index (χ2n) is 8.34. The van der Waals surface area contributed by atoms with Gasteiger partial charge in [0, 0.05) is 24.9 Å². The number of likely N-dealkylation sites (tertiary alicyclic amines) is 1. The van der Waals surface area contributed by atoms with Crippen LogP contribution in [0.4, 0.5) is 4.79 Å². The Morgan fingerprint density at radius 1 is 1.39 bits per heavy atom. The molecule has 1 saturated heterocycles. The van der Waals surface area contributed by atoms with Gasteiger partial charge in [-0.15, -0.1) is 0 Å². The average Bonchev–Trinajstić information content (AvgIpc) is 2.75. The Labute approximate surface area is 183 Å². The Morgan fingerprint density at radius 3 is 2.68 bits per heavy atom. The Hall–Kier alpha value is -3.00. The molecule has 0 bridgehead atoms. The molecule has 31 heavy (non-hydrogen) atoms. The number of nitrogens with one attached hydrogen (secondary N) is 1. The smallest absolute Gasteiger partial charge is 0.323 e. The summed E-state index contributed by atoms with van der Waals surface area (Å²) >= 11 is 0. The number of hydrogen-bond donors (Lipinski definition) is 2. The molecule has 1 aromatic rings. The fourth-order valence-electron chi connectivity index (χ4n) is 3.74. The number of hydrogen-bond acceptors (Lipinski definition) is 6. The number of nitrogens with zero attached hydrogens (tertiary/aromatic N) is 4. The number of aliphatic imine (C=N–C) groups is 1. The minimum absolute atomic E-state index is 0.0168. The van der Waals surface area contributed by atoms with Gasteiger partial charge in [-0.05, 0) is 51.0 Å². The normalized spacial score (nSPS) is 23.5. The number of rotatable bonds is 4. The van der Waals surface area contributed by atoms with Gasteiger partial charge in [0.1, 0.15) is 11.6 Å². The van der Waals surface area contributed by atoms with E-state index in [0.29, 0.717) is 43.2 Å². The van der Waals surface area contributed by atoms with Crippen molar-refractivity contribution < 1.29 is 14.6 Å². The molecule has 3 rings (SSSR count). The van der Waals surface area contributed by atoms with Crippen molar-refractivity contribution in [2.45, 2.75) is 45.1 Å². The number of piperidine rings is 1. The lowest BCUT2D eigenvalue weighted by molar-refractivity contribution is 0.00484. The SMILES string of the molecule is C=C/C(=N\C1=C(OC)C=CC(c2ccc(C)nn2)C1C)NC(=O)N1CCC(C)(O)CC1. The maximum absolute atomic E-state index is 12.7. The average molecular weight is 426 g/mol. The van der Waals surface area contributed by atoms with E-state index in [9.17, 15) is 9.90 Å². The quantitative estimate of drug-likeness (QED) is 0.570. The molecule has 1 aliphatic carbocycles. The predicted octanol–water partition coefficient (Wildman–Crippen LogP) is 3.07. The monoisotopic (exact) mass is 425 g/mol. The maximum atomic E-state index is 12.7. The van der Waals surface area contributed by atoms with Crippen LogP contribution in [-0.2, 0) is 4.74 Å². The summed E-state index contributed by atoms with van der Waals surface area (Å²) < 4.78 is 5.53. The molecule has 1 aromatic heterocycles. The third kappa shape index (κ3) is 5.38. The fourth-order valence-corrected chi connectivity index (χ4v) is 3.74. The van der Waals surface area contributed by atoms with Crippen LogP contribution in [0.1, 0.15) is 44.0 Å². The number of aromatic nitrogens is 2. The number of ether oxygens (including phenoxy) is 1. The summed E-state index contributed by atoms with van der Waals surface area (Å²) in [7, 11) is 1.60. The van der Waals surface area contributed by atoms with E-state index in [-0.39, 0.29) is 17.9 Å². The molecule has 0 radical (unpaired) electrons. The van der Waals surface area contributed by atoms with E-state index >= 15 is 0 Å². The molecule has 0 spiro atoms. The van der Waals surface area contributed by atoms with E-state index < -0.39 is 5.60 Å². The van der Waals surface area contributed by atoms with Crippen molar-refractivity contribution in [1.82, 2.24) is 20.4 Å². The maximum Gasteiger partial charge on any atom is 0.323 e. The number of methoxy groups -OCH3 is 1. The molecule has 2 aliphatic rings. The van der Waals surface area contributed by atoms with Crippen LogP contribution in [0.5, 0.6) is 0 Å². The summed E-state index contributed by atoms with van der Waals surface area (Å²) in [6, 6.07) is 3.65. The predicted molar refractivity (Wildman–Crippen MR) is 119 cm³/mol. The third-order valence-corrected chi connectivity index (χ3v) is 5.85. The number of aryl methyl sites for hydroxylation is 1. The first kappa shape index (κ1) is 22.7. The van der Waals surface area contributed by atoms with E-state index in [0.717, 1.165) is 11.4 Å². The zero-order valence-corrected chi connectivity index (χ0v) is 18.6. The zero-order valence-electron chi connectivity index (χ0n) is 18.6. The van der Waals surface area contributed by atoms with Crippen molar-refractivity contribution >= 4 is 11.9 Å². The summed E-state index contributed by atoms with van der Waals surface area (Å²) in [5.41, 5.74) is 1.69. The van der Waals surface area contributed by atoms with Gasteiger partial charge in [0.15, 0.2) is 0 Å². The third-order valence-electron chi connectivity index (χ3n) is 5.85. The van der Waals surface area contributed by atoms with Gasteiger partial charge < -0.3 is 14.7 Å². The number of amidine groups is 1. The molecule has 8 heteroatoms. The molecule has 2 unspecified atom stereocenters. The van der Waals surface area contributed by atoms with Gasteiger partial charge in [0.25, 0.3) is 0 Å². The van der Waals surface area contributed by atoms with Crippen molar-refractivity contribution in [3.63, 3.8) is 0 Å². The van der Waals surface area contributed by atoms with E-state index in [2.05, 4.69) is 27.1 Å². The van der Waals surface area contributed by atoms with Gasteiger partial charge >= 0.3 is 6.03 Å². The van der Waals surface area contributed by atoms with Crippen LogP contribution in [0.3, 0.4) is 0 Å². The van der Waals surface area contributed by atoms with Crippen LogP contribution in [0.25, 0.3) is 0 Å². The molecule has 0 aromatic carbocycles. The Morgan fingerprint density at radius 2 is 2.10 bits per heavy atom. The number of amides is 2. The molecule has 8 nitrogen and oxygen atoms in total. The first-order chi connectivity index (χ1) is 14.7. The van der Waals surface area contributed by atoms with Crippen molar-refractivity contribution in [2.24, 2.45) is 10.9 Å². The topological polar surface area (TPSA) is 99.9 Å². The molecule has 2 N–H and O–H groups in total. The van der Waals surface area contributed by atoms with Gasteiger partial charge in [-0.25, -0.2) is 9.79 Å². The lowest BCUT2D eigenvalue weighted by Crippen LogP contribution is -2.49. The Bertz CT molecular complexity index is 908. The van der Waals surface area contributed by atoms with Crippen LogP contribution in [0, 0.1) is 12.8 Å². The van der Waals surface area contributed by atoms with Crippen LogP contribution in [0.2, 0.25) is 0 Å². The lowest BCUT2D eigenvalue weighted by atomic mass is 9.84. The minimum atomic E-state index is -0.720. The first-order valence-corrected chi connectivity index (χ1v) is 10.5. The molecular formula is C23H31N5O3. The molecule has 1 aliphatic heterocycles. The number of carbonyl (C=O) groups is 1. The van der Waals surface area contributed by atoms with Crippen molar-refractivity contribution in [1.29, 1.82) is 0 Å². The van der Waals surface area contributed by atoms with Gasteiger partial charge in [0.05, 0.1) is 29.8 Å². The molecule has 166 valence electrons. The Balaban J connectivity index is 1.79. The van der Waals surface area contributed by atoms with Gasteiger partial charge in [0.2, 0.25) is 0 Å². The molecule has 1 fully saturated rings. The molecule has 2 atom stereocenters. The largest absolute Gasteiger partial charge is 0.495 e. The number of allylic oxidation sites excluding steroid dienone is 3. The van der Waals surface area contributed by atoms with Crippen LogP contribution in [0.15, 0.2) is 53.4 Å². The first-order valence-electron chi connectivity index (χ1n) is 10.5. The standard InChI is InChI=1S/C23H31N5O3/c1-6-20(25-22(29)28-13-11-23(4,30)12-14-28)24-21-16(3)17(8-10-19(21)31-5)18-9-7-15(2)26-27-18/h6-10,16-17,30H,1,11-14H2,2-5H3,(H,24,25,29). The van der Waals surface area contributed by atoms with Crippen LogP contribution >= 0.6 is 0 Å². The van der Waals surface area contributed by atoms with E-state index in [1.807, 2.05) is 38.1 Å². The van der Waals surface area contributed by atoms with Crippen molar-refractivity contribution in [2.75, 3.05) is 20.2 Å². The van der Waals surface area contributed by atoms with E-state index in [1.54, 1.807) is 18.9 Å². The molecule has 2 amide bonds. The Kier molecular flexibility index (Phi) is 6.90. The van der Waals surface area contributed by atoms with Crippen molar-refractivity contribution in [3.8, 4) is 0 Å². The van der Waals surface area contributed by atoms with Gasteiger partial charge in [-0.1, -0.05) is 19.6 Å². The highest BCUT2D eigenvalue weighted by atomic mass is 16.5. The highest BCUT2D eigenvalue weighted by Gasteiger charge is 2.31. The highest BCUT2D eigenvalue weighted by Crippen LogP contribution is 2.36. The fraction of sp³-hybridized carbons (Fsp3) is 0.478. The van der Waals surface area contributed by atoms with Crippen LogP contribution in [-0.4, -0.2) is 57.9 Å². The number of urea groups is 1.